The largest absolute Gasteiger partial charge is 0.495 e. The molecule has 2 aromatic rings. The van der Waals surface area contributed by atoms with E-state index in [0.717, 1.165) is 17.0 Å². The highest BCUT2D eigenvalue weighted by molar-refractivity contribution is 5.58. The fourth-order valence-electron chi connectivity index (χ4n) is 1.19. The fraction of sp³-hybridized carbons (Fsp3) is 0.0909. The van der Waals surface area contributed by atoms with Crippen molar-refractivity contribution in [1.29, 1.82) is 0 Å². The third-order valence-electron chi connectivity index (χ3n) is 1.95. The molecule has 0 bridgehead atoms. The first-order chi connectivity index (χ1) is 6.90. The predicted octanol–water partition coefficient (Wildman–Crippen LogP) is 2.15. The smallest absolute Gasteiger partial charge is 0.137 e. The normalized spacial score (nSPS) is 9.79. The fourth-order valence-corrected chi connectivity index (χ4v) is 1.19. The van der Waals surface area contributed by atoms with Gasteiger partial charge in [0.25, 0.3) is 0 Å². The van der Waals surface area contributed by atoms with Crippen LogP contribution in [-0.2, 0) is 0 Å². The van der Waals surface area contributed by atoms with E-state index in [1.165, 1.54) is 0 Å². The quantitative estimate of drug-likeness (QED) is 0.720. The lowest BCUT2D eigenvalue weighted by Crippen LogP contribution is -1.86. The summed E-state index contributed by atoms with van der Waals surface area (Å²) in [5, 5.41) is 0. The van der Waals surface area contributed by atoms with Crippen molar-refractivity contribution in [2.45, 2.75) is 0 Å². The second kappa shape index (κ2) is 3.87. The molecule has 3 heteroatoms. The minimum atomic E-state index is 0.766. The van der Waals surface area contributed by atoms with E-state index in [1.807, 2.05) is 24.3 Å². The Morgan fingerprint density at radius 2 is 1.86 bits per heavy atom. The van der Waals surface area contributed by atoms with E-state index in [0.29, 0.717) is 0 Å². The van der Waals surface area contributed by atoms with Gasteiger partial charge in [0.1, 0.15) is 5.75 Å². The molecule has 0 aliphatic carbocycles. The lowest BCUT2D eigenvalue weighted by molar-refractivity contribution is 0.413. The molecule has 2 aromatic heterocycles. The van der Waals surface area contributed by atoms with Crippen LogP contribution in [0.3, 0.4) is 0 Å². The van der Waals surface area contributed by atoms with Gasteiger partial charge in [0.15, 0.2) is 0 Å². The molecule has 0 aliphatic heterocycles. The number of hydrogen-bond acceptors (Lipinski definition) is 3. The molecule has 0 N–H and O–H groups in total. The third-order valence-corrected chi connectivity index (χ3v) is 1.95. The van der Waals surface area contributed by atoms with Crippen LogP contribution in [-0.4, -0.2) is 17.1 Å². The Bertz CT molecular complexity index is 397. The van der Waals surface area contributed by atoms with E-state index in [2.05, 4.69) is 9.97 Å². The average Bonchev–Trinajstić information content (AvgIpc) is 2.30. The van der Waals surface area contributed by atoms with E-state index in [4.69, 9.17) is 4.74 Å². The Morgan fingerprint density at radius 1 is 1.07 bits per heavy atom. The van der Waals surface area contributed by atoms with Crippen LogP contribution in [0.1, 0.15) is 0 Å². The number of ether oxygens (including phenoxy) is 1. The summed E-state index contributed by atoms with van der Waals surface area (Å²) in [6.07, 6.45) is 5.21. The monoisotopic (exact) mass is 186 g/mol. The SMILES string of the molecule is COc1ccc(-c2ccncc2)nc1. The van der Waals surface area contributed by atoms with Gasteiger partial charge in [-0.2, -0.15) is 0 Å². The van der Waals surface area contributed by atoms with Gasteiger partial charge in [0.05, 0.1) is 19.0 Å². The number of hydrogen-bond donors (Lipinski definition) is 0. The number of rotatable bonds is 2. The molecule has 2 rings (SSSR count). The Labute approximate surface area is 82.4 Å². The zero-order valence-corrected chi connectivity index (χ0v) is 7.84. The van der Waals surface area contributed by atoms with Gasteiger partial charge in [-0.1, -0.05) is 0 Å². The molecule has 0 radical (unpaired) electrons. The standard InChI is InChI=1S/C11H10N2O/c1-14-10-2-3-11(13-8-10)9-4-6-12-7-5-9/h2-8H,1H3. The van der Waals surface area contributed by atoms with E-state index in [-0.39, 0.29) is 0 Å². The van der Waals surface area contributed by atoms with Crippen LogP contribution >= 0.6 is 0 Å². The number of methoxy groups -OCH3 is 1. The Morgan fingerprint density at radius 3 is 2.43 bits per heavy atom. The summed E-state index contributed by atoms with van der Waals surface area (Å²) in [5.41, 5.74) is 1.98. The van der Waals surface area contributed by atoms with Crippen molar-refractivity contribution in [3.8, 4) is 17.0 Å². The first-order valence-corrected chi connectivity index (χ1v) is 4.30. The molecule has 0 unspecified atom stereocenters. The summed E-state index contributed by atoms with van der Waals surface area (Å²) in [4.78, 5) is 8.22. The van der Waals surface area contributed by atoms with Gasteiger partial charge in [-0.25, -0.2) is 0 Å². The van der Waals surface area contributed by atoms with Gasteiger partial charge in [-0.3, -0.25) is 9.97 Å². The molecule has 0 saturated heterocycles. The maximum absolute atomic E-state index is 5.03. The van der Waals surface area contributed by atoms with E-state index in [1.54, 1.807) is 25.7 Å². The second-order valence-electron chi connectivity index (χ2n) is 2.82. The van der Waals surface area contributed by atoms with Crippen molar-refractivity contribution < 1.29 is 4.74 Å². The van der Waals surface area contributed by atoms with Crippen molar-refractivity contribution in [3.05, 3.63) is 42.9 Å². The maximum Gasteiger partial charge on any atom is 0.137 e. The first kappa shape index (κ1) is 8.69. The molecule has 0 aliphatic rings. The zero-order valence-electron chi connectivity index (χ0n) is 7.84. The van der Waals surface area contributed by atoms with Gasteiger partial charge >= 0.3 is 0 Å². The molecule has 0 saturated carbocycles. The summed E-state index contributed by atoms with van der Waals surface area (Å²) in [7, 11) is 1.63. The molecule has 0 spiro atoms. The highest BCUT2D eigenvalue weighted by Gasteiger charge is 1.97. The van der Waals surface area contributed by atoms with E-state index in [9.17, 15) is 0 Å². The van der Waals surface area contributed by atoms with Crippen molar-refractivity contribution in [1.82, 2.24) is 9.97 Å². The van der Waals surface area contributed by atoms with Gasteiger partial charge in [0, 0.05) is 18.0 Å². The summed E-state index contributed by atoms with van der Waals surface area (Å²) in [6, 6.07) is 7.67. The van der Waals surface area contributed by atoms with Crippen LogP contribution in [0.4, 0.5) is 0 Å². The van der Waals surface area contributed by atoms with Crippen LogP contribution in [0.25, 0.3) is 11.3 Å². The van der Waals surface area contributed by atoms with Crippen LogP contribution < -0.4 is 4.74 Å². The Hall–Kier alpha value is -1.90. The molecule has 3 nitrogen and oxygen atoms in total. The predicted molar refractivity (Wildman–Crippen MR) is 54.0 cm³/mol. The second-order valence-corrected chi connectivity index (χ2v) is 2.82. The van der Waals surface area contributed by atoms with Crippen LogP contribution in [0, 0.1) is 0 Å². The highest BCUT2D eigenvalue weighted by Crippen LogP contribution is 2.17. The lowest BCUT2D eigenvalue weighted by atomic mass is 10.2. The minimum Gasteiger partial charge on any atom is -0.495 e. The van der Waals surface area contributed by atoms with Crippen molar-refractivity contribution >= 4 is 0 Å². The summed E-state index contributed by atoms with van der Waals surface area (Å²) in [6.45, 7) is 0. The van der Waals surface area contributed by atoms with Gasteiger partial charge < -0.3 is 4.74 Å². The molecule has 0 aromatic carbocycles. The number of aromatic nitrogens is 2. The molecule has 0 fully saturated rings. The van der Waals surface area contributed by atoms with Crippen molar-refractivity contribution in [3.63, 3.8) is 0 Å². The average molecular weight is 186 g/mol. The zero-order chi connectivity index (χ0) is 9.80. The van der Waals surface area contributed by atoms with Crippen molar-refractivity contribution in [2.75, 3.05) is 7.11 Å². The molecule has 0 atom stereocenters. The summed E-state index contributed by atoms with van der Waals surface area (Å²) in [5.74, 6) is 0.766. The molecule has 14 heavy (non-hydrogen) atoms. The Kier molecular flexibility index (Phi) is 2.40. The maximum atomic E-state index is 5.03. The summed E-state index contributed by atoms with van der Waals surface area (Å²) >= 11 is 0. The van der Waals surface area contributed by atoms with Gasteiger partial charge in [-0.15, -0.1) is 0 Å². The summed E-state index contributed by atoms with van der Waals surface area (Å²) < 4.78 is 5.03. The molecule has 70 valence electrons. The molecular formula is C11H10N2O. The first-order valence-electron chi connectivity index (χ1n) is 4.30. The topological polar surface area (TPSA) is 35.0 Å². The van der Waals surface area contributed by atoms with Gasteiger partial charge in [0.2, 0.25) is 0 Å². The third kappa shape index (κ3) is 1.71. The highest BCUT2D eigenvalue weighted by atomic mass is 16.5. The number of pyridine rings is 2. The molecular weight excluding hydrogens is 176 g/mol. The minimum absolute atomic E-state index is 0.766. The van der Waals surface area contributed by atoms with E-state index >= 15 is 0 Å². The lowest BCUT2D eigenvalue weighted by Gasteiger charge is -2.01. The van der Waals surface area contributed by atoms with Crippen LogP contribution in [0.2, 0.25) is 0 Å². The molecule has 0 amide bonds. The molecule has 2 heterocycles. The van der Waals surface area contributed by atoms with Crippen LogP contribution in [0.5, 0.6) is 5.75 Å². The van der Waals surface area contributed by atoms with E-state index < -0.39 is 0 Å². The Balaban J connectivity index is 2.34. The van der Waals surface area contributed by atoms with Crippen LogP contribution in [0.15, 0.2) is 42.9 Å². The van der Waals surface area contributed by atoms with Gasteiger partial charge in [-0.05, 0) is 24.3 Å². The van der Waals surface area contributed by atoms with Crippen molar-refractivity contribution in [2.24, 2.45) is 0 Å². The number of nitrogens with zero attached hydrogens (tertiary/aromatic N) is 2.